The predicted octanol–water partition coefficient (Wildman–Crippen LogP) is 1.97. The van der Waals surface area contributed by atoms with Crippen LogP contribution in [0.15, 0.2) is 0 Å². The first-order valence-electron chi connectivity index (χ1n) is 3.94. The van der Waals surface area contributed by atoms with Crippen LogP contribution in [0.5, 0.6) is 0 Å². The second-order valence-corrected chi connectivity index (χ2v) is 3.49. The van der Waals surface area contributed by atoms with Gasteiger partial charge in [-0.3, -0.25) is 4.79 Å². The van der Waals surface area contributed by atoms with Crippen molar-refractivity contribution in [2.75, 3.05) is 26.4 Å². The van der Waals surface area contributed by atoms with Crippen LogP contribution in [-0.4, -0.2) is 32.4 Å². The highest BCUT2D eigenvalue weighted by atomic mass is 127. The van der Waals surface area contributed by atoms with Crippen LogP contribution >= 0.6 is 30.4 Å². The molecule has 0 saturated carbocycles. The van der Waals surface area contributed by atoms with Gasteiger partial charge in [0.05, 0.1) is 42.1 Å². The zero-order valence-corrected chi connectivity index (χ0v) is 10.4. The third-order valence-corrected chi connectivity index (χ3v) is 2.13. The van der Waals surface area contributed by atoms with E-state index in [0.29, 0.717) is 32.8 Å². The van der Waals surface area contributed by atoms with Crippen molar-refractivity contribution in [1.29, 1.82) is 0 Å². The zero-order valence-electron chi connectivity index (χ0n) is 7.45. The molecule has 0 aliphatic heterocycles. The topological polar surface area (TPSA) is 44.8 Å². The fraction of sp³-hybridized carbons (Fsp3) is 0.857. The van der Waals surface area contributed by atoms with E-state index in [0.717, 1.165) is 0 Å². The minimum atomic E-state index is -0.216. The Morgan fingerprint density at radius 3 is 2.77 bits per heavy atom. The van der Waals surface area contributed by atoms with Gasteiger partial charge in [0.2, 0.25) is 0 Å². The molecular weight excluding hydrogens is 307 g/mol. The lowest BCUT2D eigenvalue weighted by Gasteiger charge is -2.03. The third-order valence-electron chi connectivity index (χ3n) is 1.11. The van der Waals surface area contributed by atoms with E-state index < -0.39 is 0 Å². The Hall–Kier alpha value is 0.470. The molecule has 0 rings (SSSR count). The van der Waals surface area contributed by atoms with E-state index in [1.165, 1.54) is 9.21 Å². The van der Waals surface area contributed by atoms with Crippen molar-refractivity contribution in [2.24, 2.45) is 0 Å². The van der Waals surface area contributed by atoms with Crippen LogP contribution in [0.4, 0.5) is 0 Å². The minimum Gasteiger partial charge on any atom is -0.466 e. The van der Waals surface area contributed by atoms with Gasteiger partial charge in [-0.05, 0) is 6.92 Å². The summed E-state index contributed by atoms with van der Waals surface area (Å²) in [4.78, 5) is 10.8. The highest BCUT2D eigenvalue weighted by Gasteiger charge is 2.00. The van der Waals surface area contributed by atoms with E-state index in [9.17, 15) is 4.79 Å². The van der Waals surface area contributed by atoms with Gasteiger partial charge in [0.25, 0.3) is 0 Å². The molecule has 0 radical (unpaired) electrons. The van der Waals surface area contributed by atoms with Crippen molar-refractivity contribution in [1.82, 2.24) is 0 Å². The fourth-order valence-corrected chi connectivity index (χ4v) is 1.29. The number of esters is 1. The Bertz CT molecular complexity index is 134. The molecule has 0 aromatic heterocycles. The lowest BCUT2D eigenvalue weighted by atomic mass is 10.5. The second-order valence-electron chi connectivity index (χ2n) is 2.05. The number of hydrogen-bond acceptors (Lipinski definition) is 5. The van der Waals surface area contributed by atoms with Gasteiger partial charge < -0.3 is 13.7 Å². The highest BCUT2D eigenvalue weighted by molar-refractivity contribution is 14.2. The summed E-state index contributed by atoms with van der Waals surface area (Å²) >= 11 is 2.03. The molecule has 0 saturated heterocycles. The van der Waals surface area contributed by atoms with Gasteiger partial charge in [-0.15, -0.1) is 0 Å². The summed E-state index contributed by atoms with van der Waals surface area (Å²) in [5.74, 6) is -0.216. The van der Waals surface area contributed by atoms with Gasteiger partial charge in [0, 0.05) is 21.2 Å². The summed E-state index contributed by atoms with van der Waals surface area (Å²) in [7, 11) is 1.27. The molecule has 0 aliphatic carbocycles. The van der Waals surface area contributed by atoms with E-state index in [1.807, 2.05) is 21.2 Å². The Morgan fingerprint density at radius 1 is 1.38 bits per heavy atom. The molecule has 0 aromatic rings. The Labute approximate surface area is 94.5 Å². The first-order valence-corrected chi connectivity index (χ1v) is 7.23. The number of carbonyl (C=O) groups is 1. The number of halogens is 1. The number of ether oxygens (including phenoxy) is 2. The maximum Gasteiger partial charge on any atom is 0.308 e. The van der Waals surface area contributed by atoms with Gasteiger partial charge >= 0.3 is 5.97 Å². The summed E-state index contributed by atoms with van der Waals surface area (Å²) < 4.78 is 14.8. The van der Waals surface area contributed by atoms with Crippen LogP contribution in [0.3, 0.4) is 0 Å². The molecule has 0 spiro atoms. The third kappa shape index (κ3) is 10.4. The molecule has 0 atom stereocenters. The van der Waals surface area contributed by atoms with Gasteiger partial charge in [-0.2, -0.15) is 0 Å². The molecule has 0 unspecified atom stereocenters. The number of rotatable bonds is 8. The standard InChI is InChI=1S/C7H13IO4S/c1-2-11-7(9)3-4-10-5-6-12-13-8/h2-6H2,1H3. The first kappa shape index (κ1) is 13.5. The Kier molecular flexibility index (Phi) is 10.9. The molecule has 0 fully saturated rings. The summed E-state index contributed by atoms with van der Waals surface area (Å²) in [6.07, 6.45) is 0.311. The lowest BCUT2D eigenvalue weighted by Crippen LogP contribution is -2.09. The average Bonchev–Trinajstić information content (AvgIpc) is 2.11. The maximum absolute atomic E-state index is 10.8. The number of carbonyl (C=O) groups excluding carboxylic acids is 1. The van der Waals surface area contributed by atoms with Gasteiger partial charge in [-0.1, -0.05) is 0 Å². The van der Waals surface area contributed by atoms with Crippen molar-refractivity contribution in [3.63, 3.8) is 0 Å². The molecule has 0 heterocycles. The molecule has 0 aliphatic rings. The van der Waals surface area contributed by atoms with E-state index in [2.05, 4.69) is 0 Å². The van der Waals surface area contributed by atoms with Crippen LogP contribution in [-0.2, 0) is 18.5 Å². The minimum absolute atomic E-state index is 0.216. The molecule has 4 nitrogen and oxygen atoms in total. The molecule has 0 amide bonds. The van der Waals surface area contributed by atoms with Crippen molar-refractivity contribution in [3.05, 3.63) is 0 Å². The highest BCUT2D eigenvalue weighted by Crippen LogP contribution is 2.11. The first-order chi connectivity index (χ1) is 6.31. The maximum atomic E-state index is 10.8. The van der Waals surface area contributed by atoms with Crippen LogP contribution in [0.2, 0.25) is 0 Å². The smallest absolute Gasteiger partial charge is 0.308 e. The monoisotopic (exact) mass is 320 g/mol. The molecule has 13 heavy (non-hydrogen) atoms. The predicted molar refractivity (Wildman–Crippen MR) is 59.6 cm³/mol. The Morgan fingerprint density at radius 2 is 2.15 bits per heavy atom. The van der Waals surface area contributed by atoms with Crippen molar-refractivity contribution >= 4 is 36.4 Å². The fourth-order valence-electron chi connectivity index (χ4n) is 0.615. The summed E-state index contributed by atoms with van der Waals surface area (Å²) in [6.45, 7) is 3.65. The summed E-state index contributed by atoms with van der Waals surface area (Å²) in [5, 5.41) is 0. The SMILES string of the molecule is CCOC(=O)CCOCCOSI. The molecule has 78 valence electrons. The second kappa shape index (κ2) is 10.6. The van der Waals surface area contributed by atoms with Gasteiger partial charge in [0.15, 0.2) is 0 Å². The van der Waals surface area contributed by atoms with Crippen LogP contribution in [0.25, 0.3) is 0 Å². The van der Waals surface area contributed by atoms with Crippen LogP contribution < -0.4 is 0 Å². The van der Waals surface area contributed by atoms with E-state index in [1.54, 1.807) is 6.92 Å². The molecule has 0 N–H and O–H groups in total. The summed E-state index contributed by atoms with van der Waals surface area (Å²) in [6, 6.07) is 0. The van der Waals surface area contributed by atoms with E-state index in [4.69, 9.17) is 13.7 Å². The average molecular weight is 320 g/mol. The molecule has 0 bridgehead atoms. The van der Waals surface area contributed by atoms with Crippen molar-refractivity contribution in [3.8, 4) is 0 Å². The summed E-state index contributed by atoms with van der Waals surface area (Å²) in [5.41, 5.74) is 0. The van der Waals surface area contributed by atoms with Crippen molar-refractivity contribution < 1.29 is 18.5 Å². The quantitative estimate of drug-likeness (QED) is 0.296. The molecule has 0 aromatic carbocycles. The van der Waals surface area contributed by atoms with Gasteiger partial charge in [0.1, 0.15) is 0 Å². The normalized spacial score (nSPS) is 10.0. The van der Waals surface area contributed by atoms with Gasteiger partial charge in [-0.25, -0.2) is 0 Å². The van der Waals surface area contributed by atoms with E-state index in [-0.39, 0.29) is 5.97 Å². The number of hydrogen-bond donors (Lipinski definition) is 0. The Balaban J connectivity index is 3.02. The van der Waals surface area contributed by atoms with Crippen molar-refractivity contribution in [2.45, 2.75) is 13.3 Å². The largest absolute Gasteiger partial charge is 0.466 e. The van der Waals surface area contributed by atoms with E-state index >= 15 is 0 Å². The zero-order chi connectivity index (χ0) is 9.94. The van der Waals surface area contributed by atoms with Crippen LogP contribution in [0.1, 0.15) is 13.3 Å². The molecule has 6 heteroatoms. The lowest BCUT2D eigenvalue weighted by molar-refractivity contribution is -0.144. The molecular formula is C7H13IO4S. The van der Waals surface area contributed by atoms with Crippen LogP contribution in [0, 0.1) is 0 Å².